The molecule has 0 saturated carbocycles. The molecule has 8 nitrogen and oxygen atoms in total. The number of likely N-dealkylation sites (N-methyl/N-ethyl adjacent to an activating group) is 1. The highest BCUT2D eigenvalue weighted by atomic mass is 16.1. The number of carbonyl (C=O) groups excluding carboxylic acids is 1. The Bertz CT molecular complexity index is 1260. The lowest BCUT2D eigenvalue weighted by molar-refractivity contribution is -0.122. The molecule has 4 aromatic rings. The van der Waals surface area contributed by atoms with Crippen LogP contribution in [-0.4, -0.2) is 62.3 Å². The molecule has 1 aromatic carbocycles. The minimum Gasteiger partial charge on any atom is -0.358 e. The van der Waals surface area contributed by atoms with Gasteiger partial charge in [0.2, 0.25) is 5.91 Å². The van der Waals surface area contributed by atoms with Crippen LogP contribution in [0.4, 0.5) is 0 Å². The Morgan fingerprint density at radius 3 is 2.78 bits per heavy atom. The summed E-state index contributed by atoms with van der Waals surface area (Å²) in [5.74, 6) is 0.948. The highest BCUT2D eigenvalue weighted by Gasteiger charge is 2.24. The number of benzene rings is 1. The summed E-state index contributed by atoms with van der Waals surface area (Å²) in [5, 5.41) is 12.8. The number of likely N-dealkylation sites (tertiary alicyclic amines) is 1. The van der Waals surface area contributed by atoms with Gasteiger partial charge in [0.15, 0.2) is 5.65 Å². The zero-order valence-corrected chi connectivity index (χ0v) is 18.8. The van der Waals surface area contributed by atoms with Crippen LogP contribution in [0.1, 0.15) is 49.7 Å². The fourth-order valence-electron chi connectivity index (χ4n) is 4.85. The fourth-order valence-corrected chi connectivity index (χ4v) is 4.85. The molecule has 0 aliphatic carbocycles. The van der Waals surface area contributed by atoms with Crippen molar-refractivity contribution in [3.8, 4) is 11.4 Å². The highest BCUT2D eigenvalue weighted by molar-refractivity contribution is 5.91. The lowest BCUT2D eigenvalue weighted by Gasteiger charge is -2.31. The molecule has 1 fully saturated rings. The lowest BCUT2D eigenvalue weighted by Crippen LogP contribution is -2.40. The lowest BCUT2D eigenvalue weighted by atomic mass is 9.87. The third kappa shape index (κ3) is 3.75. The Balaban J connectivity index is 1.46. The summed E-state index contributed by atoms with van der Waals surface area (Å²) >= 11 is 0. The molecule has 1 saturated heterocycles. The molecule has 0 spiro atoms. The van der Waals surface area contributed by atoms with Crippen molar-refractivity contribution < 1.29 is 4.79 Å². The third-order valence-electron chi connectivity index (χ3n) is 6.55. The minimum atomic E-state index is 0.0870. The molecule has 5 rings (SSSR count). The predicted octanol–water partition coefficient (Wildman–Crippen LogP) is 3.32. The van der Waals surface area contributed by atoms with E-state index in [1.165, 1.54) is 22.8 Å². The molecule has 32 heavy (non-hydrogen) atoms. The second-order valence-corrected chi connectivity index (χ2v) is 8.92. The Morgan fingerprint density at radius 2 is 2.03 bits per heavy atom. The van der Waals surface area contributed by atoms with E-state index in [2.05, 4.69) is 62.4 Å². The average molecular weight is 432 g/mol. The van der Waals surface area contributed by atoms with E-state index in [0.717, 1.165) is 48.5 Å². The van der Waals surface area contributed by atoms with Crippen LogP contribution in [0.5, 0.6) is 0 Å². The summed E-state index contributed by atoms with van der Waals surface area (Å²) < 4.78 is 1.57. The number of amides is 1. The van der Waals surface area contributed by atoms with Gasteiger partial charge < -0.3 is 10.3 Å². The maximum absolute atomic E-state index is 11.7. The topological polar surface area (TPSA) is 91.2 Å². The zero-order chi connectivity index (χ0) is 22.2. The van der Waals surface area contributed by atoms with Gasteiger partial charge in [-0.2, -0.15) is 0 Å². The van der Waals surface area contributed by atoms with Crippen LogP contribution in [0.25, 0.3) is 27.9 Å². The summed E-state index contributed by atoms with van der Waals surface area (Å²) in [4.78, 5) is 21.7. The summed E-state index contributed by atoms with van der Waals surface area (Å²) in [6, 6.07) is 10.8. The first-order chi connectivity index (χ1) is 15.5. The van der Waals surface area contributed by atoms with Gasteiger partial charge in [-0.3, -0.25) is 9.69 Å². The molecule has 1 aliphatic rings. The number of nitrogens with one attached hydrogen (secondary N) is 2. The molecule has 0 unspecified atom stereocenters. The molecule has 1 amide bonds. The van der Waals surface area contributed by atoms with Gasteiger partial charge in [0.05, 0.1) is 12.2 Å². The number of hydrogen-bond acceptors (Lipinski definition) is 5. The van der Waals surface area contributed by atoms with Crippen LogP contribution in [0.15, 0.2) is 36.7 Å². The number of rotatable bonds is 5. The third-order valence-corrected chi connectivity index (χ3v) is 6.55. The molecule has 166 valence electrons. The molecule has 4 heterocycles. The second kappa shape index (κ2) is 8.35. The normalized spacial score (nSPS) is 15.8. The van der Waals surface area contributed by atoms with E-state index >= 15 is 0 Å². The van der Waals surface area contributed by atoms with Crippen LogP contribution in [0, 0.1) is 0 Å². The summed E-state index contributed by atoms with van der Waals surface area (Å²) in [5.41, 5.74) is 6.44. The number of fused-ring (bicyclic) bond motifs is 2. The first-order valence-electron chi connectivity index (χ1n) is 11.3. The number of carbonyl (C=O) groups is 1. The van der Waals surface area contributed by atoms with Crippen molar-refractivity contribution in [1.82, 2.24) is 35.0 Å². The van der Waals surface area contributed by atoms with Crippen molar-refractivity contribution in [2.45, 2.75) is 38.5 Å². The van der Waals surface area contributed by atoms with Crippen molar-refractivity contribution in [1.29, 1.82) is 0 Å². The molecular weight excluding hydrogens is 402 g/mol. The smallest absolute Gasteiger partial charge is 0.233 e. The van der Waals surface area contributed by atoms with Crippen LogP contribution >= 0.6 is 0 Å². The van der Waals surface area contributed by atoms with Crippen LogP contribution in [-0.2, 0) is 4.79 Å². The van der Waals surface area contributed by atoms with Crippen molar-refractivity contribution >= 4 is 22.5 Å². The average Bonchev–Trinajstić information content (AvgIpc) is 3.42. The van der Waals surface area contributed by atoms with E-state index in [9.17, 15) is 4.79 Å². The van der Waals surface area contributed by atoms with Gasteiger partial charge in [0.1, 0.15) is 12.0 Å². The van der Waals surface area contributed by atoms with E-state index < -0.39 is 0 Å². The van der Waals surface area contributed by atoms with E-state index in [0.29, 0.717) is 18.4 Å². The quantitative estimate of drug-likeness (QED) is 0.506. The second-order valence-electron chi connectivity index (χ2n) is 8.92. The number of H-pyrrole nitrogens is 1. The molecule has 8 heteroatoms. The fraction of sp³-hybridized carbons (Fsp3) is 0.417. The van der Waals surface area contributed by atoms with Gasteiger partial charge in [-0.25, -0.2) is 4.98 Å². The standard InChI is InChI=1S/C24H29N7O/c1-15(2)23-18-12-17(16-8-10-30(11-9-16)13-22(32)25-3)4-5-19(18)28-24(23)20-6-7-21-26-14-27-31(21)29-20/h4-7,12,14-16,28H,8-11,13H2,1-3H3,(H,25,32). The van der Waals surface area contributed by atoms with Crippen molar-refractivity contribution in [3.05, 3.63) is 47.8 Å². The predicted molar refractivity (Wildman–Crippen MR) is 125 cm³/mol. The Morgan fingerprint density at radius 1 is 1.22 bits per heavy atom. The van der Waals surface area contributed by atoms with E-state index in [-0.39, 0.29) is 5.91 Å². The Hall–Kier alpha value is -3.26. The number of aromatic amines is 1. The molecule has 3 aromatic heterocycles. The summed E-state index contributed by atoms with van der Waals surface area (Å²) in [6.07, 6.45) is 3.66. The van der Waals surface area contributed by atoms with Gasteiger partial charge in [-0.05, 0) is 73.2 Å². The van der Waals surface area contributed by atoms with Crippen LogP contribution in [0.3, 0.4) is 0 Å². The van der Waals surface area contributed by atoms with Crippen molar-refractivity contribution in [2.75, 3.05) is 26.7 Å². The monoisotopic (exact) mass is 431 g/mol. The number of aromatic nitrogens is 5. The number of hydrogen-bond donors (Lipinski definition) is 2. The molecule has 0 radical (unpaired) electrons. The van der Waals surface area contributed by atoms with E-state index in [1.807, 2.05) is 12.1 Å². The largest absolute Gasteiger partial charge is 0.358 e. The van der Waals surface area contributed by atoms with Gasteiger partial charge in [0.25, 0.3) is 0 Å². The number of nitrogens with zero attached hydrogens (tertiary/aromatic N) is 5. The molecular formula is C24H29N7O. The maximum atomic E-state index is 11.7. The minimum absolute atomic E-state index is 0.0870. The van der Waals surface area contributed by atoms with Gasteiger partial charge in [-0.15, -0.1) is 14.8 Å². The Kier molecular flexibility index (Phi) is 5.38. The summed E-state index contributed by atoms with van der Waals surface area (Å²) in [7, 11) is 1.70. The van der Waals surface area contributed by atoms with E-state index in [1.54, 1.807) is 11.7 Å². The van der Waals surface area contributed by atoms with Gasteiger partial charge >= 0.3 is 0 Å². The van der Waals surface area contributed by atoms with E-state index in [4.69, 9.17) is 0 Å². The summed E-state index contributed by atoms with van der Waals surface area (Å²) in [6.45, 7) is 6.85. The highest BCUT2D eigenvalue weighted by Crippen LogP contribution is 2.37. The first-order valence-corrected chi connectivity index (χ1v) is 11.3. The molecule has 1 aliphatic heterocycles. The van der Waals surface area contributed by atoms with Crippen LogP contribution in [0.2, 0.25) is 0 Å². The first kappa shape index (κ1) is 20.6. The van der Waals surface area contributed by atoms with Gasteiger partial charge in [-0.1, -0.05) is 19.9 Å². The zero-order valence-electron chi connectivity index (χ0n) is 18.8. The number of piperidine rings is 1. The van der Waals surface area contributed by atoms with Gasteiger partial charge in [0, 0.05) is 18.0 Å². The molecule has 2 N–H and O–H groups in total. The SMILES string of the molecule is CNC(=O)CN1CCC(c2ccc3[nH]c(-c4ccc5ncnn5n4)c(C(C)C)c3c2)CC1. The Labute approximate surface area is 187 Å². The van der Waals surface area contributed by atoms with Crippen molar-refractivity contribution in [2.24, 2.45) is 0 Å². The maximum Gasteiger partial charge on any atom is 0.233 e. The molecule has 0 bridgehead atoms. The van der Waals surface area contributed by atoms with Crippen LogP contribution < -0.4 is 5.32 Å². The van der Waals surface area contributed by atoms with Crippen molar-refractivity contribution in [3.63, 3.8) is 0 Å². The molecule has 0 atom stereocenters.